The highest BCUT2D eigenvalue weighted by Gasteiger charge is 2.38. The molecule has 0 saturated carbocycles. The zero-order chi connectivity index (χ0) is 15.9. The molecule has 0 radical (unpaired) electrons. The molecule has 2 aliphatic rings. The van der Waals surface area contributed by atoms with Crippen molar-refractivity contribution in [2.24, 2.45) is 5.92 Å². The van der Waals surface area contributed by atoms with E-state index in [4.69, 9.17) is 0 Å². The molecule has 1 aromatic carbocycles. The van der Waals surface area contributed by atoms with Gasteiger partial charge in [0.2, 0.25) is 0 Å². The molecule has 0 aromatic heterocycles. The van der Waals surface area contributed by atoms with E-state index >= 15 is 0 Å². The van der Waals surface area contributed by atoms with Gasteiger partial charge in [0.15, 0.2) is 5.78 Å². The van der Waals surface area contributed by atoms with Gasteiger partial charge in [0.1, 0.15) is 5.82 Å². The van der Waals surface area contributed by atoms with Gasteiger partial charge in [-0.25, -0.2) is 4.39 Å². The van der Waals surface area contributed by atoms with E-state index < -0.39 is 17.6 Å². The molecular formula is C16H16F4OS. The maximum atomic E-state index is 13.3. The van der Waals surface area contributed by atoms with E-state index in [0.717, 1.165) is 38.2 Å². The maximum absolute atomic E-state index is 13.3. The first kappa shape index (κ1) is 15.8. The predicted octanol–water partition coefficient (Wildman–Crippen LogP) is 5.09. The molecule has 2 saturated heterocycles. The van der Waals surface area contributed by atoms with Crippen LogP contribution in [-0.2, 0) is 6.18 Å². The molecule has 2 unspecified atom stereocenters. The molecule has 2 atom stereocenters. The first-order valence-electron chi connectivity index (χ1n) is 7.41. The molecule has 120 valence electrons. The highest BCUT2D eigenvalue weighted by atomic mass is 32.2. The van der Waals surface area contributed by atoms with Gasteiger partial charge in [-0.1, -0.05) is 6.42 Å². The van der Waals surface area contributed by atoms with Crippen molar-refractivity contribution < 1.29 is 22.4 Å². The Kier molecular flexibility index (Phi) is 4.23. The summed E-state index contributed by atoms with van der Waals surface area (Å²) >= 11 is 1.91. The van der Waals surface area contributed by atoms with Gasteiger partial charge in [-0.15, -0.1) is 0 Å². The summed E-state index contributed by atoms with van der Waals surface area (Å²) in [6.07, 6.45) is -0.0287. The Labute approximate surface area is 130 Å². The fourth-order valence-electron chi connectivity index (χ4n) is 3.40. The molecule has 0 spiro atoms. The highest BCUT2D eigenvalue weighted by Crippen LogP contribution is 2.45. The van der Waals surface area contributed by atoms with Crippen LogP contribution >= 0.6 is 11.8 Å². The summed E-state index contributed by atoms with van der Waals surface area (Å²) in [6, 6.07) is 2.58. The summed E-state index contributed by atoms with van der Waals surface area (Å²) < 4.78 is 51.6. The summed E-state index contributed by atoms with van der Waals surface area (Å²) in [5, 5.41) is 0.868. The number of benzene rings is 1. The zero-order valence-corrected chi connectivity index (χ0v) is 12.6. The van der Waals surface area contributed by atoms with Crippen molar-refractivity contribution in [1.82, 2.24) is 0 Å². The first-order chi connectivity index (χ1) is 10.3. The topological polar surface area (TPSA) is 17.1 Å². The van der Waals surface area contributed by atoms with Gasteiger partial charge in [-0.3, -0.25) is 4.79 Å². The third-order valence-corrected chi connectivity index (χ3v) is 6.09. The number of halogens is 4. The average molecular weight is 332 g/mol. The second kappa shape index (κ2) is 5.87. The van der Waals surface area contributed by atoms with Gasteiger partial charge < -0.3 is 0 Å². The molecule has 2 aliphatic heterocycles. The van der Waals surface area contributed by atoms with Gasteiger partial charge in [0.25, 0.3) is 0 Å². The maximum Gasteiger partial charge on any atom is 0.419 e. The number of ketones is 1. The average Bonchev–Trinajstić information content (AvgIpc) is 2.45. The molecule has 2 bridgehead atoms. The normalized spacial score (nSPS) is 28.5. The molecule has 6 heteroatoms. The Morgan fingerprint density at radius 2 is 1.77 bits per heavy atom. The van der Waals surface area contributed by atoms with Crippen molar-refractivity contribution in [3.05, 3.63) is 35.1 Å². The number of thioether (sulfide) groups is 1. The van der Waals surface area contributed by atoms with Crippen LogP contribution in [0.4, 0.5) is 17.6 Å². The fraction of sp³-hybridized carbons (Fsp3) is 0.562. The highest BCUT2D eigenvalue weighted by molar-refractivity contribution is 8.00. The van der Waals surface area contributed by atoms with Gasteiger partial charge in [-0.2, -0.15) is 24.9 Å². The van der Waals surface area contributed by atoms with Gasteiger partial charge in [0, 0.05) is 22.0 Å². The minimum absolute atomic E-state index is 0.0244. The Balaban J connectivity index is 1.83. The molecule has 1 nitrogen and oxygen atoms in total. The molecule has 0 amide bonds. The minimum Gasteiger partial charge on any atom is -0.294 e. The second-order valence-corrected chi connectivity index (χ2v) is 7.64. The number of fused-ring (bicyclic) bond motifs is 2. The van der Waals surface area contributed by atoms with Crippen molar-refractivity contribution in [3.8, 4) is 0 Å². The van der Waals surface area contributed by atoms with Crippen molar-refractivity contribution in [1.29, 1.82) is 0 Å². The number of rotatable bonds is 2. The Morgan fingerprint density at radius 3 is 2.36 bits per heavy atom. The molecular weight excluding hydrogens is 316 g/mol. The van der Waals surface area contributed by atoms with Gasteiger partial charge in [-0.05, 0) is 43.9 Å². The van der Waals surface area contributed by atoms with E-state index in [9.17, 15) is 22.4 Å². The lowest BCUT2D eigenvalue weighted by atomic mass is 9.84. The number of carbonyl (C=O) groups excluding carboxylic acids is 1. The van der Waals surface area contributed by atoms with Crippen LogP contribution in [0.5, 0.6) is 0 Å². The van der Waals surface area contributed by atoms with E-state index in [1.807, 2.05) is 11.8 Å². The van der Waals surface area contributed by atoms with E-state index in [-0.39, 0.29) is 17.3 Å². The summed E-state index contributed by atoms with van der Waals surface area (Å²) in [6.45, 7) is 0. The summed E-state index contributed by atoms with van der Waals surface area (Å²) in [4.78, 5) is 12.5. The number of alkyl halides is 3. The molecule has 1 aromatic rings. The first-order valence-corrected chi connectivity index (χ1v) is 8.35. The quantitative estimate of drug-likeness (QED) is 0.554. The third-order valence-electron chi connectivity index (χ3n) is 4.46. The van der Waals surface area contributed by atoms with Crippen LogP contribution in [0.25, 0.3) is 0 Å². The summed E-state index contributed by atoms with van der Waals surface area (Å²) in [5.41, 5.74) is -1.38. The predicted molar refractivity (Wildman–Crippen MR) is 77.5 cm³/mol. The summed E-state index contributed by atoms with van der Waals surface area (Å²) in [7, 11) is 0. The number of Topliss-reactive ketones (excluding diaryl/α,β-unsaturated/α-hetero) is 1. The van der Waals surface area contributed by atoms with E-state index in [1.165, 1.54) is 6.07 Å². The fourth-order valence-corrected chi connectivity index (χ4v) is 5.24. The standard InChI is InChI=1S/C16H16F4OS/c17-14-5-4-9(8-13(14)16(18,19)20)15(21)10-6-11-2-1-3-12(7-10)22-11/h4-5,8,10-12H,1-3,6-7H2. The monoisotopic (exact) mass is 332 g/mol. The number of hydrogen-bond donors (Lipinski definition) is 0. The number of carbonyl (C=O) groups is 1. The van der Waals surface area contributed by atoms with Crippen LogP contribution in [0.15, 0.2) is 18.2 Å². The Hall–Kier alpha value is -1.04. The SMILES string of the molecule is O=C(c1ccc(F)c(C(F)(F)F)c1)C1CC2CCCC(C1)S2. The Bertz CT molecular complexity index is 572. The lowest BCUT2D eigenvalue weighted by molar-refractivity contribution is -0.140. The minimum atomic E-state index is -4.78. The lowest BCUT2D eigenvalue weighted by Gasteiger charge is -2.38. The van der Waals surface area contributed by atoms with Crippen molar-refractivity contribution >= 4 is 17.5 Å². The van der Waals surface area contributed by atoms with Crippen LogP contribution in [0, 0.1) is 11.7 Å². The lowest BCUT2D eigenvalue weighted by Crippen LogP contribution is -2.33. The number of hydrogen-bond acceptors (Lipinski definition) is 2. The van der Waals surface area contributed by atoms with Crippen molar-refractivity contribution in [2.75, 3.05) is 0 Å². The molecule has 0 aliphatic carbocycles. The molecule has 22 heavy (non-hydrogen) atoms. The zero-order valence-electron chi connectivity index (χ0n) is 11.8. The van der Waals surface area contributed by atoms with Crippen LogP contribution in [0.2, 0.25) is 0 Å². The smallest absolute Gasteiger partial charge is 0.294 e. The molecule has 0 N–H and O–H groups in total. The molecule has 2 fully saturated rings. The largest absolute Gasteiger partial charge is 0.419 e. The molecule has 3 rings (SSSR count). The van der Waals surface area contributed by atoms with E-state index in [1.54, 1.807) is 0 Å². The van der Waals surface area contributed by atoms with Crippen LogP contribution in [0.1, 0.15) is 48.0 Å². The van der Waals surface area contributed by atoms with Crippen LogP contribution in [-0.4, -0.2) is 16.3 Å². The van der Waals surface area contributed by atoms with Gasteiger partial charge in [0.05, 0.1) is 5.56 Å². The molecule has 2 heterocycles. The summed E-state index contributed by atoms with van der Waals surface area (Å²) in [5.74, 6) is -1.84. The third kappa shape index (κ3) is 3.16. The van der Waals surface area contributed by atoms with Crippen molar-refractivity contribution in [3.63, 3.8) is 0 Å². The van der Waals surface area contributed by atoms with Gasteiger partial charge >= 0.3 is 6.18 Å². The van der Waals surface area contributed by atoms with E-state index in [2.05, 4.69) is 0 Å². The van der Waals surface area contributed by atoms with E-state index in [0.29, 0.717) is 16.6 Å². The van der Waals surface area contributed by atoms with Crippen molar-refractivity contribution in [2.45, 2.75) is 48.8 Å². The second-order valence-electron chi connectivity index (χ2n) is 6.04. The van der Waals surface area contributed by atoms with Crippen LogP contribution < -0.4 is 0 Å². The van der Waals surface area contributed by atoms with Crippen LogP contribution in [0.3, 0.4) is 0 Å². The Morgan fingerprint density at radius 1 is 1.14 bits per heavy atom.